The molecule has 1 aliphatic rings. The third kappa shape index (κ3) is 5.45. The molecule has 1 N–H and O–H groups in total. The van der Waals surface area contributed by atoms with Gasteiger partial charge in [-0.05, 0) is 23.3 Å². The van der Waals surface area contributed by atoms with Crippen molar-refractivity contribution in [3.8, 4) is 11.1 Å². The molecule has 0 bridgehead atoms. The molecule has 2 aromatic carbocycles. The van der Waals surface area contributed by atoms with Crippen molar-refractivity contribution in [2.45, 2.75) is 18.9 Å². The molecule has 0 radical (unpaired) electrons. The summed E-state index contributed by atoms with van der Waals surface area (Å²) >= 11 is 0. The lowest BCUT2D eigenvalue weighted by molar-refractivity contribution is -0.122. The average molecular weight is 409 g/mol. The Bertz CT molecular complexity index is 881. The standard InChI is InChI=1S/C23H27N3O4/c1-29-13-12-24-22(27)15-21-14-20(25-30-2)16-26(21)23(28)19-10-8-18(9-11-19)17-6-4-3-5-7-17/h3-11,21H,12-16H2,1-2H3,(H,24,27)/t21-/m0/s1. The summed E-state index contributed by atoms with van der Waals surface area (Å²) in [5.74, 6) is -0.237. The minimum Gasteiger partial charge on any atom is -0.399 e. The van der Waals surface area contributed by atoms with Gasteiger partial charge in [-0.2, -0.15) is 0 Å². The molecule has 0 aliphatic carbocycles. The fraction of sp³-hybridized carbons (Fsp3) is 0.348. The highest BCUT2D eigenvalue weighted by molar-refractivity contribution is 6.01. The van der Waals surface area contributed by atoms with Crippen molar-refractivity contribution in [1.29, 1.82) is 0 Å². The quantitative estimate of drug-likeness (QED) is 0.537. The number of carbonyl (C=O) groups excluding carboxylic acids is 2. The van der Waals surface area contributed by atoms with Gasteiger partial charge in [0, 0.05) is 38.1 Å². The van der Waals surface area contributed by atoms with Gasteiger partial charge < -0.3 is 19.8 Å². The molecule has 1 saturated heterocycles. The van der Waals surface area contributed by atoms with Crippen LogP contribution in [-0.2, 0) is 14.4 Å². The van der Waals surface area contributed by atoms with Crippen LogP contribution >= 0.6 is 0 Å². The normalized spacial score (nSPS) is 17.2. The Balaban J connectivity index is 1.72. The maximum Gasteiger partial charge on any atom is 0.254 e. The monoisotopic (exact) mass is 409 g/mol. The summed E-state index contributed by atoms with van der Waals surface area (Å²) in [6, 6.07) is 17.3. The second-order valence-corrected chi connectivity index (χ2v) is 7.12. The number of rotatable bonds is 8. The van der Waals surface area contributed by atoms with Gasteiger partial charge in [0.2, 0.25) is 5.91 Å². The number of hydrogen-bond acceptors (Lipinski definition) is 5. The van der Waals surface area contributed by atoms with E-state index in [1.54, 1.807) is 12.0 Å². The summed E-state index contributed by atoms with van der Waals surface area (Å²) in [4.78, 5) is 32.0. The van der Waals surface area contributed by atoms with Crippen molar-refractivity contribution < 1.29 is 19.2 Å². The molecule has 158 valence electrons. The number of amides is 2. The Morgan fingerprint density at radius 3 is 2.43 bits per heavy atom. The minimum atomic E-state index is -0.261. The van der Waals surface area contributed by atoms with E-state index in [1.165, 1.54) is 7.11 Å². The lowest BCUT2D eigenvalue weighted by Gasteiger charge is -2.24. The molecule has 1 aliphatic heterocycles. The van der Waals surface area contributed by atoms with Crippen LogP contribution in [0.15, 0.2) is 59.8 Å². The van der Waals surface area contributed by atoms with E-state index in [1.807, 2.05) is 54.6 Å². The maximum absolute atomic E-state index is 13.2. The third-order valence-corrected chi connectivity index (χ3v) is 5.03. The molecule has 0 unspecified atom stereocenters. The number of hydrogen-bond donors (Lipinski definition) is 1. The first kappa shape index (κ1) is 21.5. The highest BCUT2D eigenvalue weighted by Crippen LogP contribution is 2.24. The van der Waals surface area contributed by atoms with E-state index in [-0.39, 0.29) is 24.3 Å². The van der Waals surface area contributed by atoms with Crippen LogP contribution in [0.4, 0.5) is 0 Å². The molecule has 7 heteroatoms. The molecule has 3 rings (SSSR count). The van der Waals surface area contributed by atoms with Crippen molar-refractivity contribution in [3.05, 3.63) is 60.2 Å². The molecule has 2 amide bonds. The van der Waals surface area contributed by atoms with E-state index < -0.39 is 0 Å². The fourth-order valence-electron chi connectivity index (χ4n) is 3.57. The van der Waals surface area contributed by atoms with Crippen molar-refractivity contribution in [1.82, 2.24) is 10.2 Å². The minimum absolute atomic E-state index is 0.118. The summed E-state index contributed by atoms with van der Waals surface area (Å²) in [6.07, 6.45) is 0.722. The number of methoxy groups -OCH3 is 1. The van der Waals surface area contributed by atoms with Crippen molar-refractivity contribution in [2.75, 3.05) is 33.9 Å². The zero-order valence-electron chi connectivity index (χ0n) is 17.3. The Hall–Kier alpha value is -3.19. The number of nitrogens with one attached hydrogen (secondary N) is 1. The molecular formula is C23H27N3O4. The van der Waals surface area contributed by atoms with Crippen LogP contribution in [0.3, 0.4) is 0 Å². The lowest BCUT2D eigenvalue weighted by atomic mass is 10.0. The molecular weight excluding hydrogens is 382 g/mol. The third-order valence-electron chi connectivity index (χ3n) is 5.03. The van der Waals surface area contributed by atoms with Crippen LogP contribution in [0.5, 0.6) is 0 Å². The Labute approximate surface area is 176 Å². The van der Waals surface area contributed by atoms with Crippen molar-refractivity contribution >= 4 is 17.5 Å². The summed E-state index contributed by atoms with van der Waals surface area (Å²) in [6.45, 7) is 1.24. The van der Waals surface area contributed by atoms with Crippen LogP contribution in [0.2, 0.25) is 0 Å². The van der Waals surface area contributed by atoms with Gasteiger partial charge in [0.25, 0.3) is 5.91 Å². The molecule has 0 aromatic heterocycles. The van der Waals surface area contributed by atoms with Gasteiger partial charge in [-0.15, -0.1) is 0 Å². The van der Waals surface area contributed by atoms with Crippen LogP contribution < -0.4 is 5.32 Å². The van der Waals surface area contributed by atoms with E-state index in [9.17, 15) is 9.59 Å². The number of carbonyl (C=O) groups is 2. The predicted octanol–water partition coefficient (Wildman–Crippen LogP) is 2.72. The molecule has 7 nitrogen and oxygen atoms in total. The second-order valence-electron chi connectivity index (χ2n) is 7.12. The number of nitrogens with zero attached hydrogens (tertiary/aromatic N) is 2. The van der Waals surface area contributed by atoms with E-state index in [2.05, 4.69) is 10.5 Å². The summed E-state index contributed by atoms with van der Waals surface area (Å²) in [5, 5.41) is 6.82. The topological polar surface area (TPSA) is 80.2 Å². The Morgan fingerprint density at radius 1 is 1.07 bits per heavy atom. The van der Waals surface area contributed by atoms with Crippen LogP contribution in [-0.4, -0.2) is 62.4 Å². The number of benzene rings is 2. The zero-order chi connectivity index (χ0) is 21.3. The van der Waals surface area contributed by atoms with E-state index >= 15 is 0 Å². The van der Waals surface area contributed by atoms with E-state index in [4.69, 9.17) is 9.57 Å². The van der Waals surface area contributed by atoms with Gasteiger partial charge in [0.1, 0.15) is 7.11 Å². The summed E-state index contributed by atoms with van der Waals surface area (Å²) in [5.41, 5.74) is 3.47. The first-order valence-corrected chi connectivity index (χ1v) is 9.93. The Kier molecular flexibility index (Phi) is 7.57. The number of ether oxygens (including phenoxy) is 1. The zero-order valence-corrected chi connectivity index (χ0v) is 17.3. The average Bonchev–Trinajstić information content (AvgIpc) is 3.16. The SMILES string of the molecule is COCCNC(=O)C[C@@H]1CC(=NOC)CN1C(=O)c1ccc(-c2ccccc2)cc1. The molecule has 1 atom stereocenters. The number of oxime groups is 1. The van der Waals surface area contributed by atoms with Crippen LogP contribution in [0.25, 0.3) is 11.1 Å². The second kappa shape index (κ2) is 10.5. The van der Waals surface area contributed by atoms with E-state index in [0.717, 1.165) is 16.8 Å². The van der Waals surface area contributed by atoms with Crippen molar-refractivity contribution in [3.63, 3.8) is 0 Å². The van der Waals surface area contributed by atoms with Gasteiger partial charge in [-0.1, -0.05) is 47.6 Å². The van der Waals surface area contributed by atoms with Gasteiger partial charge >= 0.3 is 0 Å². The lowest BCUT2D eigenvalue weighted by Crippen LogP contribution is -2.39. The Morgan fingerprint density at radius 2 is 1.77 bits per heavy atom. The molecule has 1 fully saturated rings. The molecule has 0 saturated carbocycles. The first-order valence-electron chi connectivity index (χ1n) is 9.93. The first-order chi connectivity index (χ1) is 14.6. The van der Waals surface area contributed by atoms with Gasteiger partial charge in [0.15, 0.2) is 0 Å². The highest BCUT2D eigenvalue weighted by atomic mass is 16.6. The van der Waals surface area contributed by atoms with Gasteiger partial charge in [-0.25, -0.2) is 0 Å². The van der Waals surface area contributed by atoms with E-state index in [0.29, 0.717) is 31.7 Å². The largest absolute Gasteiger partial charge is 0.399 e. The van der Waals surface area contributed by atoms with Crippen molar-refractivity contribution in [2.24, 2.45) is 5.16 Å². The van der Waals surface area contributed by atoms with Crippen LogP contribution in [0, 0.1) is 0 Å². The van der Waals surface area contributed by atoms with Gasteiger partial charge in [-0.3, -0.25) is 9.59 Å². The number of likely N-dealkylation sites (tertiary alicyclic amines) is 1. The molecule has 0 spiro atoms. The summed E-state index contributed by atoms with van der Waals surface area (Å²) in [7, 11) is 3.06. The van der Waals surface area contributed by atoms with Gasteiger partial charge in [0.05, 0.1) is 18.9 Å². The summed E-state index contributed by atoms with van der Waals surface area (Å²) < 4.78 is 4.96. The van der Waals surface area contributed by atoms with Crippen LogP contribution in [0.1, 0.15) is 23.2 Å². The smallest absolute Gasteiger partial charge is 0.254 e. The maximum atomic E-state index is 13.2. The molecule has 2 aromatic rings. The predicted molar refractivity (Wildman–Crippen MR) is 115 cm³/mol. The molecule has 30 heavy (non-hydrogen) atoms. The highest BCUT2D eigenvalue weighted by Gasteiger charge is 2.35. The molecule has 1 heterocycles. The fourth-order valence-corrected chi connectivity index (χ4v) is 3.57.